The monoisotopic (exact) mass is 275 g/mol. The van der Waals surface area contributed by atoms with Gasteiger partial charge in [-0.25, -0.2) is 0 Å². The number of aromatic nitrogens is 3. The highest BCUT2D eigenvalue weighted by molar-refractivity contribution is 5.75. The Morgan fingerprint density at radius 2 is 2.00 bits per heavy atom. The molecule has 2 rings (SSSR count). The number of nitrogens with zero attached hydrogens (tertiary/aromatic N) is 3. The first-order valence-electron chi connectivity index (χ1n) is 5.70. The van der Waals surface area contributed by atoms with Crippen LogP contribution < -0.4 is 21.3 Å². The quantitative estimate of drug-likeness (QED) is 0.844. The molecule has 0 atom stereocenters. The molecular weight excluding hydrogens is 262 g/mol. The van der Waals surface area contributed by atoms with Gasteiger partial charge in [-0.1, -0.05) is 0 Å². The zero-order valence-corrected chi connectivity index (χ0v) is 11.0. The summed E-state index contributed by atoms with van der Waals surface area (Å²) >= 11 is 0. The molecule has 0 unspecified atom stereocenters. The Hall–Kier alpha value is -2.90. The smallest absolute Gasteiger partial charge is 0.316 e. The molecule has 0 amide bonds. The number of nitrogens with two attached hydrogens (primary N) is 1. The number of carbonyl (C=O) groups excluding carboxylic acids is 1. The van der Waals surface area contributed by atoms with Gasteiger partial charge in [0.05, 0.1) is 7.11 Å². The number of nitrogens with one attached hydrogen (secondary N) is 1. The SMILES string of the molecule is COc1ccc(Nc2nc(N)c(=O)n(C(C)=O)n2)cc1. The Morgan fingerprint density at radius 1 is 1.35 bits per heavy atom. The van der Waals surface area contributed by atoms with Gasteiger partial charge in [0, 0.05) is 12.6 Å². The van der Waals surface area contributed by atoms with Gasteiger partial charge in [0.2, 0.25) is 11.9 Å². The summed E-state index contributed by atoms with van der Waals surface area (Å²) in [5, 5.41) is 6.64. The molecule has 0 aliphatic rings. The maximum Gasteiger partial charge on any atom is 0.316 e. The third-order valence-electron chi connectivity index (χ3n) is 2.48. The third-order valence-corrected chi connectivity index (χ3v) is 2.48. The van der Waals surface area contributed by atoms with Crippen LogP contribution in [0.2, 0.25) is 0 Å². The second-order valence-corrected chi connectivity index (χ2v) is 3.91. The molecule has 0 saturated carbocycles. The zero-order valence-electron chi connectivity index (χ0n) is 11.0. The maximum atomic E-state index is 11.5. The van der Waals surface area contributed by atoms with Crippen LogP contribution in [0.15, 0.2) is 29.1 Å². The number of rotatable bonds is 3. The van der Waals surface area contributed by atoms with Crippen LogP contribution in [-0.4, -0.2) is 27.8 Å². The number of anilines is 3. The molecule has 2 aromatic rings. The Kier molecular flexibility index (Phi) is 3.65. The molecule has 0 spiro atoms. The topological polar surface area (TPSA) is 112 Å². The molecule has 0 radical (unpaired) electrons. The summed E-state index contributed by atoms with van der Waals surface area (Å²) < 4.78 is 5.70. The summed E-state index contributed by atoms with van der Waals surface area (Å²) in [6.07, 6.45) is 0. The van der Waals surface area contributed by atoms with Crippen molar-refractivity contribution in [3.63, 3.8) is 0 Å². The van der Waals surface area contributed by atoms with Crippen LogP contribution in [-0.2, 0) is 0 Å². The van der Waals surface area contributed by atoms with Gasteiger partial charge < -0.3 is 15.8 Å². The Morgan fingerprint density at radius 3 is 2.55 bits per heavy atom. The molecule has 1 aromatic carbocycles. The second-order valence-electron chi connectivity index (χ2n) is 3.91. The van der Waals surface area contributed by atoms with E-state index in [9.17, 15) is 9.59 Å². The van der Waals surface area contributed by atoms with Crippen LogP contribution in [0.5, 0.6) is 5.75 Å². The summed E-state index contributed by atoms with van der Waals surface area (Å²) in [5.74, 6) is -0.0831. The highest BCUT2D eigenvalue weighted by Gasteiger charge is 2.10. The highest BCUT2D eigenvalue weighted by Crippen LogP contribution is 2.17. The van der Waals surface area contributed by atoms with E-state index >= 15 is 0 Å². The fraction of sp³-hybridized carbons (Fsp3) is 0.167. The van der Waals surface area contributed by atoms with E-state index in [1.165, 1.54) is 6.92 Å². The van der Waals surface area contributed by atoms with Crippen LogP contribution in [0.4, 0.5) is 17.5 Å². The van der Waals surface area contributed by atoms with Crippen LogP contribution in [0.3, 0.4) is 0 Å². The lowest BCUT2D eigenvalue weighted by molar-refractivity contribution is 0.0915. The molecule has 104 valence electrons. The molecule has 8 nitrogen and oxygen atoms in total. The van der Waals surface area contributed by atoms with E-state index in [-0.39, 0.29) is 11.8 Å². The minimum absolute atomic E-state index is 0.0578. The molecule has 0 fully saturated rings. The van der Waals surface area contributed by atoms with Gasteiger partial charge in [0.1, 0.15) is 5.75 Å². The summed E-state index contributed by atoms with van der Waals surface area (Å²) in [4.78, 5) is 26.6. The fourth-order valence-electron chi connectivity index (χ4n) is 1.50. The van der Waals surface area contributed by atoms with E-state index < -0.39 is 11.5 Å². The lowest BCUT2D eigenvalue weighted by Crippen LogP contribution is -2.31. The Balaban J connectivity index is 2.33. The number of benzene rings is 1. The van der Waals surface area contributed by atoms with E-state index in [0.717, 1.165) is 0 Å². The summed E-state index contributed by atoms with van der Waals surface area (Å²) in [7, 11) is 1.56. The number of hydrogen-bond acceptors (Lipinski definition) is 7. The molecule has 0 aliphatic heterocycles. The molecule has 0 aliphatic carbocycles. The minimum Gasteiger partial charge on any atom is -0.497 e. The lowest BCUT2D eigenvalue weighted by Gasteiger charge is -2.07. The fourth-order valence-corrected chi connectivity index (χ4v) is 1.50. The summed E-state index contributed by atoms with van der Waals surface area (Å²) in [6, 6.07) is 6.96. The van der Waals surface area contributed by atoms with Crippen molar-refractivity contribution in [2.24, 2.45) is 0 Å². The first-order valence-corrected chi connectivity index (χ1v) is 5.70. The highest BCUT2D eigenvalue weighted by atomic mass is 16.5. The molecular formula is C12H13N5O3. The van der Waals surface area contributed by atoms with E-state index in [1.54, 1.807) is 31.4 Å². The molecule has 0 bridgehead atoms. The van der Waals surface area contributed by atoms with Crippen molar-refractivity contribution in [3.05, 3.63) is 34.6 Å². The van der Waals surface area contributed by atoms with Crippen molar-refractivity contribution >= 4 is 23.4 Å². The Labute approximate surface area is 114 Å². The summed E-state index contributed by atoms with van der Waals surface area (Å²) in [6.45, 7) is 1.21. The second kappa shape index (κ2) is 5.39. The van der Waals surface area contributed by atoms with E-state index in [0.29, 0.717) is 16.1 Å². The number of nitrogen functional groups attached to an aromatic ring is 1. The van der Waals surface area contributed by atoms with Gasteiger partial charge in [-0.2, -0.15) is 9.67 Å². The van der Waals surface area contributed by atoms with Crippen LogP contribution in [0, 0.1) is 0 Å². The van der Waals surface area contributed by atoms with Crippen molar-refractivity contribution in [2.75, 3.05) is 18.2 Å². The molecule has 8 heteroatoms. The van der Waals surface area contributed by atoms with Crippen LogP contribution in [0.1, 0.15) is 11.7 Å². The predicted octanol–water partition coefficient (Wildman–Crippen LogP) is 0.633. The first-order chi connectivity index (χ1) is 9.51. The number of ether oxygens (including phenoxy) is 1. The molecule has 0 saturated heterocycles. The van der Waals surface area contributed by atoms with Crippen molar-refractivity contribution in [2.45, 2.75) is 6.92 Å². The molecule has 1 aromatic heterocycles. The lowest BCUT2D eigenvalue weighted by atomic mass is 10.3. The number of hydrogen-bond donors (Lipinski definition) is 2. The van der Waals surface area contributed by atoms with E-state index in [1.807, 2.05) is 0 Å². The Bertz CT molecular complexity index is 693. The summed E-state index contributed by atoms with van der Waals surface area (Å²) in [5.41, 5.74) is 5.39. The van der Waals surface area contributed by atoms with Crippen molar-refractivity contribution in [1.82, 2.24) is 14.8 Å². The average molecular weight is 275 g/mol. The van der Waals surface area contributed by atoms with E-state index in [4.69, 9.17) is 10.5 Å². The van der Waals surface area contributed by atoms with Gasteiger partial charge in [-0.3, -0.25) is 9.59 Å². The molecule has 3 N–H and O–H groups in total. The van der Waals surface area contributed by atoms with E-state index in [2.05, 4.69) is 15.4 Å². The van der Waals surface area contributed by atoms with Gasteiger partial charge in [-0.05, 0) is 24.3 Å². The average Bonchev–Trinajstić information content (AvgIpc) is 2.43. The van der Waals surface area contributed by atoms with Crippen LogP contribution >= 0.6 is 0 Å². The van der Waals surface area contributed by atoms with Gasteiger partial charge in [0.15, 0.2) is 5.82 Å². The minimum atomic E-state index is -0.738. The number of carbonyl (C=O) groups is 1. The normalized spacial score (nSPS) is 10.1. The van der Waals surface area contributed by atoms with Crippen molar-refractivity contribution < 1.29 is 9.53 Å². The van der Waals surface area contributed by atoms with Crippen molar-refractivity contribution in [3.8, 4) is 5.75 Å². The standard InChI is InChI=1S/C12H13N5O3/c1-7(18)17-11(19)10(13)15-12(16-17)14-8-3-5-9(20-2)6-4-8/h3-6H,1-2H3,(H3,13,14,15,16). The van der Waals surface area contributed by atoms with Gasteiger partial charge in [-0.15, -0.1) is 5.10 Å². The van der Waals surface area contributed by atoms with Crippen LogP contribution in [0.25, 0.3) is 0 Å². The third kappa shape index (κ3) is 2.74. The largest absolute Gasteiger partial charge is 0.497 e. The predicted molar refractivity (Wildman–Crippen MR) is 73.3 cm³/mol. The number of methoxy groups -OCH3 is 1. The maximum absolute atomic E-state index is 11.5. The zero-order chi connectivity index (χ0) is 14.7. The molecule has 1 heterocycles. The van der Waals surface area contributed by atoms with Crippen molar-refractivity contribution in [1.29, 1.82) is 0 Å². The molecule has 20 heavy (non-hydrogen) atoms. The first kappa shape index (κ1) is 13.5. The van der Waals surface area contributed by atoms with Gasteiger partial charge >= 0.3 is 5.56 Å². The van der Waals surface area contributed by atoms with Gasteiger partial charge in [0.25, 0.3) is 0 Å².